The van der Waals surface area contributed by atoms with Crippen LogP contribution in [0.5, 0.6) is 0 Å². The number of nitrogens with two attached hydrogens (primary N) is 1. The molecule has 3 heteroatoms. The standard InChI is InChI=1S/C13H17NO2/c14-12(13(15)16)8-3-9-1-4-10(5-2-9)11-6-7-11/h1-2,4-5,11-12H,3,6-8,14H2,(H,15,16)/t12-/m0/s1. The number of hydrogen-bond donors (Lipinski definition) is 2. The zero-order valence-corrected chi connectivity index (χ0v) is 9.23. The first kappa shape index (κ1) is 11.1. The number of carbonyl (C=O) groups is 1. The number of hydrogen-bond acceptors (Lipinski definition) is 2. The molecule has 1 aliphatic rings. The van der Waals surface area contributed by atoms with E-state index in [1.54, 1.807) is 0 Å². The van der Waals surface area contributed by atoms with Crippen LogP contribution in [0.1, 0.15) is 36.3 Å². The Labute approximate surface area is 95.3 Å². The minimum absolute atomic E-state index is 0.498. The highest BCUT2D eigenvalue weighted by atomic mass is 16.4. The highest BCUT2D eigenvalue weighted by Crippen LogP contribution is 2.39. The first-order valence-corrected chi connectivity index (χ1v) is 5.74. The van der Waals surface area contributed by atoms with Crippen LogP contribution < -0.4 is 5.73 Å². The van der Waals surface area contributed by atoms with E-state index in [2.05, 4.69) is 24.3 Å². The van der Waals surface area contributed by atoms with Gasteiger partial charge in [-0.15, -0.1) is 0 Å². The van der Waals surface area contributed by atoms with Gasteiger partial charge in [0, 0.05) is 0 Å². The highest BCUT2D eigenvalue weighted by Gasteiger charge is 2.22. The van der Waals surface area contributed by atoms with Crippen molar-refractivity contribution >= 4 is 5.97 Å². The van der Waals surface area contributed by atoms with E-state index in [1.165, 1.54) is 24.0 Å². The van der Waals surface area contributed by atoms with Crippen LogP contribution in [-0.4, -0.2) is 17.1 Å². The number of carboxylic acid groups (broad SMARTS) is 1. The predicted octanol–water partition coefficient (Wildman–Crippen LogP) is 1.91. The van der Waals surface area contributed by atoms with E-state index in [0.29, 0.717) is 6.42 Å². The third-order valence-corrected chi connectivity index (χ3v) is 3.09. The van der Waals surface area contributed by atoms with E-state index in [-0.39, 0.29) is 0 Å². The van der Waals surface area contributed by atoms with Crippen LogP contribution in [0.3, 0.4) is 0 Å². The van der Waals surface area contributed by atoms with Crippen molar-refractivity contribution in [1.82, 2.24) is 0 Å². The lowest BCUT2D eigenvalue weighted by Gasteiger charge is -2.06. The Morgan fingerprint density at radius 3 is 2.50 bits per heavy atom. The van der Waals surface area contributed by atoms with Crippen LogP contribution in [0, 0.1) is 0 Å². The van der Waals surface area contributed by atoms with E-state index in [1.807, 2.05) is 0 Å². The van der Waals surface area contributed by atoms with Gasteiger partial charge in [-0.3, -0.25) is 4.79 Å². The van der Waals surface area contributed by atoms with E-state index in [0.717, 1.165) is 12.3 Å². The fourth-order valence-electron chi connectivity index (χ4n) is 1.82. The highest BCUT2D eigenvalue weighted by molar-refractivity contribution is 5.73. The summed E-state index contributed by atoms with van der Waals surface area (Å²) < 4.78 is 0. The van der Waals surface area contributed by atoms with Gasteiger partial charge < -0.3 is 10.8 Å². The zero-order valence-electron chi connectivity index (χ0n) is 9.23. The molecular formula is C13H17NO2. The van der Waals surface area contributed by atoms with Gasteiger partial charge in [0.05, 0.1) is 0 Å². The maximum Gasteiger partial charge on any atom is 0.320 e. The molecule has 0 aliphatic heterocycles. The largest absolute Gasteiger partial charge is 0.480 e. The normalized spacial score (nSPS) is 17.1. The van der Waals surface area contributed by atoms with Crippen LogP contribution in [0.4, 0.5) is 0 Å². The number of aliphatic carboxylic acids is 1. The number of aryl methyl sites for hydroxylation is 1. The molecule has 2 rings (SSSR count). The van der Waals surface area contributed by atoms with Crippen molar-refractivity contribution in [1.29, 1.82) is 0 Å². The molecule has 1 fully saturated rings. The molecule has 0 spiro atoms. The van der Waals surface area contributed by atoms with Gasteiger partial charge >= 0.3 is 5.97 Å². The molecule has 0 saturated heterocycles. The van der Waals surface area contributed by atoms with Crippen LogP contribution in [0.15, 0.2) is 24.3 Å². The molecule has 0 bridgehead atoms. The zero-order chi connectivity index (χ0) is 11.5. The van der Waals surface area contributed by atoms with Gasteiger partial charge in [0.25, 0.3) is 0 Å². The van der Waals surface area contributed by atoms with Gasteiger partial charge in [-0.05, 0) is 42.7 Å². The first-order valence-electron chi connectivity index (χ1n) is 5.74. The first-order chi connectivity index (χ1) is 7.66. The summed E-state index contributed by atoms with van der Waals surface area (Å²) in [5, 5.41) is 8.66. The summed E-state index contributed by atoms with van der Waals surface area (Å²) in [5.41, 5.74) is 8.03. The summed E-state index contributed by atoms with van der Waals surface area (Å²) in [7, 11) is 0. The second kappa shape index (κ2) is 4.66. The van der Waals surface area contributed by atoms with E-state index in [4.69, 9.17) is 10.8 Å². The summed E-state index contributed by atoms with van der Waals surface area (Å²) in [5.74, 6) is -0.148. The molecular weight excluding hydrogens is 202 g/mol. The number of rotatable bonds is 5. The average molecular weight is 219 g/mol. The van der Waals surface area contributed by atoms with Crippen molar-refractivity contribution in [2.24, 2.45) is 5.73 Å². The Kier molecular flexibility index (Phi) is 3.25. The van der Waals surface area contributed by atoms with Crippen molar-refractivity contribution < 1.29 is 9.90 Å². The van der Waals surface area contributed by atoms with Crippen LogP contribution in [0.2, 0.25) is 0 Å². The molecule has 16 heavy (non-hydrogen) atoms. The molecule has 1 aromatic carbocycles. The van der Waals surface area contributed by atoms with Crippen molar-refractivity contribution in [3.63, 3.8) is 0 Å². The maximum absolute atomic E-state index is 10.5. The van der Waals surface area contributed by atoms with Gasteiger partial charge in [-0.25, -0.2) is 0 Å². The molecule has 1 atom stereocenters. The SMILES string of the molecule is N[C@@H](CCc1ccc(C2CC2)cc1)C(=O)O. The molecule has 1 aliphatic carbocycles. The fourth-order valence-corrected chi connectivity index (χ4v) is 1.82. The van der Waals surface area contributed by atoms with Crippen molar-refractivity contribution in [3.8, 4) is 0 Å². The van der Waals surface area contributed by atoms with Crippen molar-refractivity contribution in [3.05, 3.63) is 35.4 Å². The maximum atomic E-state index is 10.5. The smallest absolute Gasteiger partial charge is 0.320 e. The van der Waals surface area contributed by atoms with Crippen LogP contribution in [-0.2, 0) is 11.2 Å². The second-order valence-electron chi connectivity index (χ2n) is 4.50. The van der Waals surface area contributed by atoms with Gasteiger partial charge in [0.15, 0.2) is 0 Å². The molecule has 3 N–H and O–H groups in total. The lowest BCUT2D eigenvalue weighted by Crippen LogP contribution is -2.30. The lowest BCUT2D eigenvalue weighted by atomic mass is 10.0. The van der Waals surface area contributed by atoms with Crippen molar-refractivity contribution in [2.45, 2.75) is 37.6 Å². The summed E-state index contributed by atoms with van der Waals surface area (Å²) in [6, 6.07) is 7.73. The molecule has 0 unspecified atom stereocenters. The van der Waals surface area contributed by atoms with Gasteiger partial charge in [0.2, 0.25) is 0 Å². The minimum Gasteiger partial charge on any atom is -0.480 e. The third-order valence-electron chi connectivity index (χ3n) is 3.09. The topological polar surface area (TPSA) is 63.3 Å². The minimum atomic E-state index is -0.922. The number of carboxylic acids is 1. The molecule has 86 valence electrons. The van der Waals surface area contributed by atoms with Crippen LogP contribution in [0.25, 0.3) is 0 Å². The quantitative estimate of drug-likeness (QED) is 0.795. The molecule has 1 saturated carbocycles. The van der Waals surface area contributed by atoms with Gasteiger partial charge in [-0.2, -0.15) is 0 Å². The van der Waals surface area contributed by atoms with Gasteiger partial charge in [-0.1, -0.05) is 24.3 Å². The molecule has 0 aromatic heterocycles. The predicted molar refractivity (Wildman–Crippen MR) is 62.3 cm³/mol. The number of benzene rings is 1. The summed E-state index contributed by atoms with van der Waals surface area (Å²) in [6.07, 6.45) is 3.85. The Morgan fingerprint density at radius 1 is 1.38 bits per heavy atom. The molecule has 3 nitrogen and oxygen atoms in total. The lowest BCUT2D eigenvalue weighted by molar-refractivity contribution is -0.138. The fraction of sp³-hybridized carbons (Fsp3) is 0.462. The Balaban J connectivity index is 1.87. The molecule has 0 radical (unpaired) electrons. The third kappa shape index (κ3) is 2.83. The van der Waals surface area contributed by atoms with E-state index in [9.17, 15) is 4.79 Å². The van der Waals surface area contributed by atoms with Crippen LogP contribution >= 0.6 is 0 Å². The monoisotopic (exact) mass is 219 g/mol. The molecule has 0 heterocycles. The Hall–Kier alpha value is -1.35. The Bertz CT molecular complexity index is 368. The summed E-state index contributed by atoms with van der Waals surface area (Å²) in [4.78, 5) is 10.5. The Morgan fingerprint density at radius 2 is 2.00 bits per heavy atom. The summed E-state index contributed by atoms with van der Waals surface area (Å²) >= 11 is 0. The van der Waals surface area contributed by atoms with E-state index >= 15 is 0 Å². The molecule has 1 aromatic rings. The van der Waals surface area contributed by atoms with Gasteiger partial charge in [0.1, 0.15) is 6.04 Å². The van der Waals surface area contributed by atoms with Crippen molar-refractivity contribution in [2.75, 3.05) is 0 Å². The second-order valence-corrected chi connectivity index (χ2v) is 4.50. The molecule has 0 amide bonds. The summed E-state index contributed by atoms with van der Waals surface area (Å²) in [6.45, 7) is 0. The average Bonchev–Trinajstić information content (AvgIpc) is 3.10. The van der Waals surface area contributed by atoms with E-state index < -0.39 is 12.0 Å².